The smallest absolute Gasteiger partial charge is 0.166 e. The zero-order valence-electron chi connectivity index (χ0n) is 15.4. The lowest BCUT2D eigenvalue weighted by Crippen LogP contribution is -2.12. The van der Waals surface area contributed by atoms with Crippen molar-refractivity contribution in [1.29, 1.82) is 0 Å². The summed E-state index contributed by atoms with van der Waals surface area (Å²) in [5.74, 6) is 1.13. The number of thiophene rings is 1. The van der Waals surface area contributed by atoms with Crippen LogP contribution in [0.5, 0.6) is 0 Å². The van der Waals surface area contributed by atoms with Gasteiger partial charge in [-0.3, -0.25) is 0 Å². The SMILES string of the molecule is Cc1nn2c(NCCCn3ccnc3)c3c(nc2c1-c1cccs1)CCC3. The van der Waals surface area contributed by atoms with Crippen LogP contribution in [-0.2, 0) is 19.4 Å². The van der Waals surface area contributed by atoms with Crippen LogP contribution in [0, 0.1) is 6.92 Å². The summed E-state index contributed by atoms with van der Waals surface area (Å²) in [5.41, 5.74) is 5.76. The first-order valence-corrected chi connectivity index (χ1v) is 10.3. The zero-order chi connectivity index (χ0) is 18.2. The minimum absolute atomic E-state index is 0.900. The lowest BCUT2D eigenvalue weighted by molar-refractivity contribution is 0.658. The summed E-state index contributed by atoms with van der Waals surface area (Å²) in [6.07, 6.45) is 10.0. The molecule has 1 aliphatic carbocycles. The number of aryl methyl sites for hydroxylation is 3. The van der Waals surface area contributed by atoms with Crippen molar-refractivity contribution < 1.29 is 0 Å². The Balaban J connectivity index is 1.50. The highest BCUT2D eigenvalue weighted by molar-refractivity contribution is 7.13. The molecule has 1 aliphatic rings. The number of anilines is 1. The van der Waals surface area contributed by atoms with Crippen LogP contribution < -0.4 is 5.32 Å². The van der Waals surface area contributed by atoms with E-state index in [4.69, 9.17) is 10.1 Å². The largest absolute Gasteiger partial charge is 0.370 e. The summed E-state index contributed by atoms with van der Waals surface area (Å²) in [6.45, 7) is 3.94. The molecule has 0 aromatic carbocycles. The number of nitrogens with zero attached hydrogens (tertiary/aromatic N) is 5. The van der Waals surface area contributed by atoms with Crippen LogP contribution in [-0.4, -0.2) is 30.7 Å². The van der Waals surface area contributed by atoms with Gasteiger partial charge in [-0.05, 0) is 44.1 Å². The molecule has 0 unspecified atom stereocenters. The van der Waals surface area contributed by atoms with Gasteiger partial charge in [-0.1, -0.05) is 6.07 Å². The molecule has 0 bridgehead atoms. The summed E-state index contributed by atoms with van der Waals surface area (Å²) >= 11 is 1.75. The summed E-state index contributed by atoms with van der Waals surface area (Å²) in [5, 5.41) is 10.6. The van der Waals surface area contributed by atoms with Crippen molar-refractivity contribution >= 4 is 22.8 Å². The fraction of sp³-hybridized carbons (Fsp3) is 0.350. The van der Waals surface area contributed by atoms with Crippen LogP contribution in [0.15, 0.2) is 36.2 Å². The molecule has 4 aromatic heterocycles. The third kappa shape index (κ3) is 2.92. The molecule has 4 aromatic rings. The van der Waals surface area contributed by atoms with E-state index in [0.29, 0.717) is 0 Å². The van der Waals surface area contributed by atoms with E-state index in [1.54, 1.807) is 11.3 Å². The summed E-state index contributed by atoms with van der Waals surface area (Å²) in [6, 6.07) is 4.24. The number of imidazole rings is 1. The van der Waals surface area contributed by atoms with Crippen molar-refractivity contribution in [1.82, 2.24) is 24.1 Å². The second-order valence-corrected chi connectivity index (χ2v) is 7.94. The molecule has 0 amide bonds. The Bertz CT molecular complexity index is 1060. The first kappa shape index (κ1) is 16.5. The van der Waals surface area contributed by atoms with Gasteiger partial charge in [0.05, 0.1) is 17.6 Å². The zero-order valence-corrected chi connectivity index (χ0v) is 16.2. The van der Waals surface area contributed by atoms with E-state index in [-0.39, 0.29) is 0 Å². The molecule has 6 nitrogen and oxygen atoms in total. The lowest BCUT2D eigenvalue weighted by Gasteiger charge is -2.13. The van der Waals surface area contributed by atoms with Gasteiger partial charge in [0, 0.05) is 41.6 Å². The first-order valence-electron chi connectivity index (χ1n) is 9.46. The highest BCUT2D eigenvalue weighted by Gasteiger charge is 2.24. The summed E-state index contributed by atoms with van der Waals surface area (Å²) in [4.78, 5) is 10.4. The van der Waals surface area contributed by atoms with Gasteiger partial charge in [0.25, 0.3) is 0 Å². The van der Waals surface area contributed by atoms with Gasteiger partial charge < -0.3 is 9.88 Å². The van der Waals surface area contributed by atoms with Crippen LogP contribution >= 0.6 is 11.3 Å². The predicted octanol–water partition coefficient (Wildman–Crippen LogP) is 3.95. The molecule has 138 valence electrons. The summed E-state index contributed by atoms with van der Waals surface area (Å²) < 4.78 is 4.15. The van der Waals surface area contributed by atoms with E-state index in [2.05, 4.69) is 39.3 Å². The van der Waals surface area contributed by atoms with Gasteiger partial charge in [0.15, 0.2) is 5.65 Å². The van der Waals surface area contributed by atoms with E-state index in [1.165, 1.54) is 28.1 Å². The van der Waals surface area contributed by atoms with Crippen molar-refractivity contribution in [3.63, 3.8) is 0 Å². The lowest BCUT2D eigenvalue weighted by atomic mass is 10.2. The van der Waals surface area contributed by atoms with E-state index in [0.717, 1.165) is 49.5 Å². The van der Waals surface area contributed by atoms with Crippen LogP contribution in [0.4, 0.5) is 5.82 Å². The van der Waals surface area contributed by atoms with Crippen molar-refractivity contribution in [2.45, 2.75) is 39.2 Å². The molecule has 7 heteroatoms. The van der Waals surface area contributed by atoms with E-state index in [9.17, 15) is 0 Å². The Labute approximate surface area is 161 Å². The molecule has 0 atom stereocenters. The average molecular weight is 379 g/mol. The van der Waals surface area contributed by atoms with E-state index >= 15 is 0 Å². The molecule has 0 aliphatic heterocycles. The quantitative estimate of drug-likeness (QED) is 0.516. The molecule has 27 heavy (non-hydrogen) atoms. The Kier molecular flexibility index (Phi) is 4.16. The van der Waals surface area contributed by atoms with Gasteiger partial charge in [-0.15, -0.1) is 11.3 Å². The number of hydrogen-bond acceptors (Lipinski definition) is 5. The molecule has 0 saturated carbocycles. The maximum atomic E-state index is 5.02. The normalized spacial score (nSPS) is 13.4. The number of hydrogen-bond donors (Lipinski definition) is 1. The number of rotatable bonds is 6. The maximum Gasteiger partial charge on any atom is 0.166 e. The van der Waals surface area contributed by atoms with E-state index in [1.807, 2.05) is 23.2 Å². The van der Waals surface area contributed by atoms with Gasteiger partial charge in [-0.25, -0.2) is 9.97 Å². The predicted molar refractivity (Wildman–Crippen MR) is 108 cm³/mol. The third-order valence-corrected chi connectivity index (χ3v) is 6.06. The molecule has 0 spiro atoms. The van der Waals surface area contributed by atoms with Gasteiger partial charge >= 0.3 is 0 Å². The van der Waals surface area contributed by atoms with Crippen LogP contribution in [0.25, 0.3) is 16.1 Å². The number of nitrogens with one attached hydrogen (secondary N) is 1. The molecule has 5 rings (SSSR count). The van der Waals surface area contributed by atoms with Crippen molar-refractivity contribution in [2.75, 3.05) is 11.9 Å². The molecule has 0 saturated heterocycles. The minimum Gasteiger partial charge on any atom is -0.370 e. The van der Waals surface area contributed by atoms with Crippen LogP contribution in [0.2, 0.25) is 0 Å². The van der Waals surface area contributed by atoms with Crippen molar-refractivity contribution in [2.24, 2.45) is 0 Å². The van der Waals surface area contributed by atoms with Crippen LogP contribution in [0.3, 0.4) is 0 Å². The summed E-state index contributed by atoms with van der Waals surface area (Å²) in [7, 11) is 0. The fourth-order valence-electron chi connectivity index (χ4n) is 3.91. The molecule has 1 N–H and O–H groups in total. The minimum atomic E-state index is 0.900. The Hall–Kier alpha value is -2.67. The highest BCUT2D eigenvalue weighted by atomic mass is 32.1. The standard InChI is InChI=1S/C20H22N6S/c1-14-18(17-7-3-12-27-17)20-23-16-6-2-5-15(16)19(26(20)24-14)22-8-4-10-25-11-9-21-13-25/h3,7,9,11-13,22H,2,4-6,8,10H2,1H3. The van der Waals surface area contributed by atoms with Crippen molar-refractivity contribution in [3.05, 3.63) is 53.2 Å². The Morgan fingerprint density at radius 3 is 3.07 bits per heavy atom. The second-order valence-electron chi connectivity index (χ2n) is 6.99. The number of aromatic nitrogens is 5. The fourth-order valence-corrected chi connectivity index (χ4v) is 4.73. The van der Waals surface area contributed by atoms with Gasteiger partial charge in [0.2, 0.25) is 0 Å². The maximum absolute atomic E-state index is 5.02. The number of fused-ring (bicyclic) bond motifs is 2. The first-order chi connectivity index (χ1) is 13.3. The monoisotopic (exact) mass is 378 g/mol. The van der Waals surface area contributed by atoms with Crippen LogP contribution in [0.1, 0.15) is 29.8 Å². The Morgan fingerprint density at radius 1 is 1.30 bits per heavy atom. The molecular formula is C20H22N6S. The van der Waals surface area contributed by atoms with Gasteiger partial charge in [0.1, 0.15) is 5.82 Å². The van der Waals surface area contributed by atoms with Gasteiger partial charge in [-0.2, -0.15) is 9.61 Å². The Morgan fingerprint density at radius 2 is 2.26 bits per heavy atom. The molecule has 0 fully saturated rings. The third-order valence-electron chi connectivity index (χ3n) is 5.18. The topological polar surface area (TPSA) is 60.0 Å². The van der Waals surface area contributed by atoms with E-state index < -0.39 is 0 Å². The average Bonchev–Trinajstić information content (AvgIpc) is 3.43. The highest BCUT2D eigenvalue weighted by Crippen LogP contribution is 2.35. The molecule has 4 heterocycles. The molecular weight excluding hydrogens is 356 g/mol. The molecule has 0 radical (unpaired) electrons. The second kappa shape index (κ2) is 6.81. The van der Waals surface area contributed by atoms with Crippen molar-refractivity contribution in [3.8, 4) is 10.4 Å².